The molecule has 0 saturated heterocycles. The number of benzene rings is 1. The molecular formula is C15H16Cl2N2O2. The summed E-state index contributed by atoms with van der Waals surface area (Å²) < 4.78 is 5.47. The van der Waals surface area contributed by atoms with Crippen LogP contribution in [0.3, 0.4) is 0 Å². The van der Waals surface area contributed by atoms with Crippen molar-refractivity contribution < 1.29 is 9.84 Å². The molecule has 0 spiro atoms. The minimum Gasteiger partial charge on any atom is -0.489 e. The lowest BCUT2D eigenvalue weighted by Crippen LogP contribution is -2.31. The van der Waals surface area contributed by atoms with Crippen LogP contribution in [0.1, 0.15) is 5.56 Å². The van der Waals surface area contributed by atoms with E-state index in [0.717, 1.165) is 5.56 Å². The molecule has 0 aliphatic heterocycles. The first-order valence-corrected chi connectivity index (χ1v) is 7.26. The summed E-state index contributed by atoms with van der Waals surface area (Å²) in [6.07, 6.45) is 2.84. The summed E-state index contributed by atoms with van der Waals surface area (Å²) in [5.41, 5.74) is 1.11. The van der Waals surface area contributed by atoms with Gasteiger partial charge >= 0.3 is 0 Å². The Bertz CT molecular complexity index is 567. The van der Waals surface area contributed by atoms with E-state index in [1.807, 2.05) is 12.1 Å². The quantitative estimate of drug-likeness (QED) is 0.821. The van der Waals surface area contributed by atoms with Crippen molar-refractivity contribution in [3.05, 3.63) is 58.3 Å². The maximum absolute atomic E-state index is 9.86. The highest BCUT2D eigenvalue weighted by Gasteiger charge is 2.07. The monoisotopic (exact) mass is 326 g/mol. The Labute approximate surface area is 133 Å². The Balaban J connectivity index is 1.71. The molecule has 0 saturated carbocycles. The molecular weight excluding hydrogens is 311 g/mol. The van der Waals surface area contributed by atoms with Gasteiger partial charge in [-0.3, -0.25) is 4.98 Å². The number of pyridine rings is 1. The molecule has 0 bridgehead atoms. The fourth-order valence-corrected chi connectivity index (χ4v) is 2.18. The van der Waals surface area contributed by atoms with Gasteiger partial charge in [0, 0.05) is 30.5 Å². The number of ether oxygens (including phenoxy) is 1. The number of nitrogens with one attached hydrogen (secondary N) is 1. The van der Waals surface area contributed by atoms with Gasteiger partial charge in [0.2, 0.25) is 0 Å². The van der Waals surface area contributed by atoms with Crippen molar-refractivity contribution in [3.8, 4) is 5.75 Å². The average molecular weight is 327 g/mol. The zero-order chi connectivity index (χ0) is 15.1. The predicted octanol–water partition coefficient (Wildman–Crippen LogP) is 2.92. The van der Waals surface area contributed by atoms with Gasteiger partial charge in [0.15, 0.2) is 0 Å². The van der Waals surface area contributed by atoms with E-state index < -0.39 is 6.10 Å². The predicted molar refractivity (Wildman–Crippen MR) is 83.9 cm³/mol. The lowest BCUT2D eigenvalue weighted by molar-refractivity contribution is 0.106. The lowest BCUT2D eigenvalue weighted by atomic mass is 10.2. The van der Waals surface area contributed by atoms with Gasteiger partial charge in [-0.15, -0.1) is 0 Å². The van der Waals surface area contributed by atoms with Crippen LogP contribution in [0.25, 0.3) is 0 Å². The van der Waals surface area contributed by atoms with Gasteiger partial charge in [-0.25, -0.2) is 0 Å². The third-order valence-electron chi connectivity index (χ3n) is 2.78. The molecule has 1 heterocycles. The topological polar surface area (TPSA) is 54.4 Å². The summed E-state index contributed by atoms with van der Waals surface area (Å²) >= 11 is 11.8. The van der Waals surface area contributed by atoms with Gasteiger partial charge in [-0.05, 0) is 35.9 Å². The van der Waals surface area contributed by atoms with Crippen LogP contribution in [-0.2, 0) is 6.54 Å². The number of halogens is 2. The molecule has 0 amide bonds. The Hall–Kier alpha value is -1.33. The van der Waals surface area contributed by atoms with Gasteiger partial charge in [-0.2, -0.15) is 0 Å². The van der Waals surface area contributed by atoms with Crippen molar-refractivity contribution in [2.75, 3.05) is 13.2 Å². The molecule has 4 nitrogen and oxygen atoms in total. The number of hydrogen-bond donors (Lipinski definition) is 2. The van der Waals surface area contributed by atoms with Crippen molar-refractivity contribution in [2.24, 2.45) is 0 Å². The first-order valence-electron chi connectivity index (χ1n) is 6.50. The van der Waals surface area contributed by atoms with Gasteiger partial charge in [0.1, 0.15) is 18.5 Å². The molecule has 0 fully saturated rings. The van der Waals surface area contributed by atoms with Gasteiger partial charge < -0.3 is 15.2 Å². The first-order chi connectivity index (χ1) is 10.1. The van der Waals surface area contributed by atoms with E-state index in [1.165, 1.54) is 0 Å². The maximum Gasteiger partial charge on any atom is 0.138 e. The standard InChI is InChI=1S/C15H16Cl2N2O2/c16-12-1-2-15(14(17)7-12)21-10-13(20)9-19-8-11-3-5-18-6-4-11/h1-7,13,19-20H,8-10H2. The van der Waals surface area contributed by atoms with Crippen LogP contribution < -0.4 is 10.1 Å². The molecule has 1 aromatic heterocycles. The second kappa shape index (κ2) is 8.20. The third kappa shape index (κ3) is 5.52. The average Bonchev–Trinajstić information content (AvgIpc) is 2.47. The number of aromatic nitrogens is 1. The van der Waals surface area contributed by atoms with Gasteiger partial charge in [-0.1, -0.05) is 23.2 Å². The van der Waals surface area contributed by atoms with Gasteiger partial charge in [0.25, 0.3) is 0 Å². The number of aliphatic hydroxyl groups excluding tert-OH is 1. The van der Waals surface area contributed by atoms with Crippen LogP contribution in [0.2, 0.25) is 10.0 Å². The molecule has 0 radical (unpaired) electrons. The fourth-order valence-electron chi connectivity index (χ4n) is 1.72. The molecule has 2 N–H and O–H groups in total. The number of aliphatic hydroxyl groups is 1. The highest BCUT2D eigenvalue weighted by molar-refractivity contribution is 6.35. The zero-order valence-corrected chi connectivity index (χ0v) is 12.8. The summed E-state index contributed by atoms with van der Waals surface area (Å²) in [6.45, 7) is 1.25. The van der Waals surface area contributed by atoms with E-state index in [-0.39, 0.29) is 6.61 Å². The molecule has 21 heavy (non-hydrogen) atoms. The van der Waals surface area contributed by atoms with Crippen LogP contribution in [0, 0.1) is 0 Å². The molecule has 1 unspecified atom stereocenters. The second-order valence-electron chi connectivity index (χ2n) is 4.53. The van der Waals surface area contributed by atoms with Crippen LogP contribution in [0.15, 0.2) is 42.7 Å². The van der Waals surface area contributed by atoms with E-state index in [0.29, 0.717) is 28.9 Å². The second-order valence-corrected chi connectivity index (χ2v) is 5.37. The van der Waals surface area contributed by atoms with Crippen LogP contribution in [0.4, 0.5) is 0 Å². The highest BCUT2D eigenvalue weighted by Crippen LogP contribution is 2.27. The van der Waals surface area contributed by atoms with Gasteiger partial charge in [0.05, 0.1) is 5.02 Å². The first kappa shape index (κ1) is 16.0. The maximum atomic E-state index is 9.86. The van der Waals surface area contributed by atoms with E-state index in [1.54, 1.807) is 30.6 Å². The molecule has 2 rings (SSSR count). The van der Waals surface area contributed by atoms with Crippen molar-refractivity contribution in [1.82, 2.24) is 10.3 Å². The molecule has 1 aromatic carbocycles. The normalized spacial score (nSPS) is 12.1. The summed E-state index contributed by atoms with van der Waals surface area (Å²) in [6, 6.07) is 8.82. The van der Waals surface area contributed by atoms with E-state index >= 15 is 0 Å². The van der Waals surface area contributed by atoms with Crippen molar-refractivity contribution in [1.29, 1.82) is 0 Å². The Morgan fingerprint density at radius 3 is 2.67 bits per heavy atom. The molecule has 2 aromatic rings. The largest absolute Gasteiger partial charge is 0.489 e. The van der Waals surface area contributed by atoms with Crippen LogP contribution in [0.5, 0.6) is 5.75 Å². The molecule has 0 aliphatic carbocycles. The highest BCUT2D eigenvalue weighted by atomic mass is 35.5. The van der Waals surface area contributed by atoms with Crippen LogP contribution in [-0.4, -0.2) is 29.3 Å². The van der Waals surface area contributed by atoms with Crippen LogP contribution >= 0.6 is 23.2 Å². The van der Waals surface area contributed by atoms with Crippen molar-refractivity contribution in [3.63, 3.8) is 0 Å². The van der Waals surface area contributed by atoms with Crippen molar-refractivity contribution in [2.45, 2.75) is 12.6 Å². The minimum atomic E-state index is -0.626. The summed E-state index contributed by atoms with van der Waals surface area (Å²) in [4.78, 5) is 3.95. The molecule has 0 aliphatic rings. The van der Waals surface area contributed by atoms with E-state index in [9.17, 15) is 5.11 Å². The smallest absolute Gasteiger partial charge is 0.138 e. The SMILES string of the molecule is OC(CNCc1ccncc1)COc1ccc(Cl)cc1Cl. The number of rotatable bonds is 7. The Kier molecular flexibility index (Phi) is 6.26. The summed E-state index contributed by atoms with van der Waals surface area (Å²) in [5, 5.41) is 14.0. The molecule has 1 atom stereocenters. The fraction of sp³-hybridized carbons (Fsp3) is 0.267. The number of nitrogens with zero attached hydrogens (tertiary/aromatic N) is 1. The van der Waals surface area contributed by atoms with E-state index in [4.69, 9.17) is 27.9 Å². The molecule has 6 heteroatoms. The summed E-state index contributed by atoms with van der Waals surface area (Å²) in [7, 11) is 0. The summed E-state index contributed by atoms with van der Waals surface area (Å²) in [5.74, 6) is 0.509. The third-order valence-corrected chi connectivity index (χ3v) is 3.31. The minimum absolute atomic E-state index is 0.157. The zero-order valence-electron chi connectivity index (χ0n) is 11.3. The Morgan fingerprint density at radius 2 is 1.95 bits per heavy atom. The van der Waals surface area contributed by atoms with Crippen molar-refractivity contribution >= 4 is 23.2 Å². The molecule has 112 valence electrons. The van der Waals surface area contributed by atoms with E-state index in [2.05, 4.69) is 10.3 Å². The lowest BCUT2D eigenvalue weighted by Gasteiger charge is -2.14. The number of hydrogen-bond acceptors (Lipinski definition) is 4. The Morgan fingerprint density at radius 1 is 1.19 bits per heavy atom.